The standard InChI is InChI=1S/C19H13F4N3O/c20-14-2-1-3-16(10-14)25-17-9-4-12(11-24-17)18(27)26-15-7-5-13(6-8-15)19(21,22)23/h1-11H,(H,24,25)(H,26,27). The normalized spacial score (nSPS) is 11.1. The van der Waals surface area contributed by atoms with Gasteiger partial charge in [-0.3, -0.25) is 4.79 Å². The summed E-state index contributed by atoms with van der Waals surface area (Å²) in [7, 11) is 0. The quantitative estimate of drug-likeness (QED) is 0.614. The van der Waals surface area contributed by atoms with Crippen LogP contribution in [-0.2, 0) is 6.18 Å². The fourth-order valence-electron chi connectivity index (χ4n) is 2.26. The van der Waals surface area contributed by atoms with Crippen LogP contribution < -0.4 is 10.6 Å². The maximum absolute atomic E-state index is 13.2. The minimum atomic E-state index is -4.43. The summed E-state index contributed by atoms with van der Waals surface area (Å²) < 4.78 is 50.8. The number of pyridine rings is 1. The van der Waals surface area contributed by atoms with E-state index in [2.05, 4.69) is 15.6 Å². The van der Waals surface area contributed by atoms with Crippen molar-refractivity contribution in [2.75, 3.05) is 10.6 Å². The second kappa shape index (κ2) is 7.45. The molecule has 0 aliphatic heterocycles. The van der Waals surface area contributed by atoms with Crippen LogP contribution in [0.3, 0.4) is 0 Å². The molecule has 0 spiro atoms. The molecule has 1 aromatic heterocycles. The maximum atomic E-state index is 13.2. The van der Waals surface area contributed by atoms with E-state index in [1.54, 1.807) is 12.1 Å². The largest absolute Gasteiger partial charge is 0.416 e. The monoisotopic (exact) mass is 375 g/mol. The van der Waals surface area contributed by atoms with Gasteiger partial charge in [0.25, 0.3) is 5.91 Å². The molecule has 8 heteroatoms. The average molecular weight is 375 g/mol. The number of nitrogens with one attached hydrogen (secondary N) is 2. The van der Waals surface area contributed by atoms with Gasteiger partial charge in [-0.1, -0.05) is 6.07 Å². The lowest BCUT2D eigenvalue weighted by atomic mass is 10.2. The Hall–Kier alpha value is -3.42. The minimum Gasteiger partial charge on any atom is -0.340 e. The Labute approximate surface area is 151 Å². The van der Waals surface area contributed by atoms with Gasteiger partial charge in [-0.25, -0.2) is 9.37 Å². The van der Waals surface area contributed by atoms with Gasteiger partial charge in [-0.05, 0) is 54.6 Å². The van der Waals surface area contributed by atoms with E-state index in [1.165, 1.54) is 42.6 Å². The molecule has 1 heterocycles. The van der Waals surface area contributed by atoms with E-state index in [1.807, 2.05) is 0 Å². The summed E-state index contributed by atoms with van der Waals surface area (Å²) in [5.41, 5.74) is 0.161. The first-order valence-electron chi connectivity index (χ1n) is 7.78. The first-order valence-corrected chi connectivity index (χ1v) is 7.78. The van der Waals surface area contributed by atoms with Crippen LogP contribution in [0.5, 0.6) is 0 Å². The van der Waals surface area contributed by atoms with Gasteiger partial charge in [-0.2, -0.15) is 13.2 Å². The molecule has 3 aromatic rings. The van der Waals surface area contributed by atoms with E-state index >= 15 is 0 Å². The van der Waals surface area contributed by atoms with Crippen molar-refractivity contribution in [3.8, 4) is 0 Å². The van der Waals surface area contributed by atoms with Crippen molar-refractivity contribution < 1.29 is 22.4 Å². The molecule has 3 rings (SSSR count). The topological polar surface area (TPSA) is 54.0 Å². The first kappa shape index (κ1) is 18.4. The van der Waals surface area contributed by atoms with Crippen LogP contribution in [0.4, 0.5) is 34.8 Å². The van der Waals surface area contributed by atoms with Crippen molar-refractivity contribution in [1.82, 2.24) is 4.98 Å². The number of hydrogen-bond acceptors (Lipinski definition) is 3. The van der Waals surface area contributed by atoms with E-state index < -0.39 is 23.5 Å². The zero-order valence-corrected chi connectivity index (χ0v) is 13.7. The fraction of sp³-hybridized carbons (Fsp3) is 0.0526. The Bertz CT molecular complexity index is 938. The average Bonchev–Trinajstić information content (AvgIpc) is 2.62. The van der Waals surface area contributed by atoms with Crippen molar-refractivity contribution in [2.24, 2.45) is 0 Å². The van der Waals surface area contributed by atoms with Crippen LogP contribution in [0, 0.1) is 5.82 Å². The van der Waals surface area contributed by atoms with Crippen molar-refractivity contribution in [3.05, 3.63) is 83.8 Å². The summed E-state index contributed by atoms with van der Waals surface area (Å²) in [5.74, 6) is -0.501. The number of rotatable bonds is 4. The molecule has 0 radical (unpaired) electrons. The van der Waals surface area contributed by atoms with E-state index in [4.69, 9.17) is 0 Å². The number of halogens is 4. The second-order valence-corrected chi connectivity index (χ2v) is 5.60. The molecule has 2 N–H and O–H groups in total. The summed E-state index contributed by atoms with van der Waals surface area (Å²) in [4.78, 5) is 16.2. The third-order valence-electron chi connectivity index (χ3n) is 3.59. The van der Waals surface area contributed by atoms with Crippen molar-refractivity contribution in [2.45, 2.75) is 6.18 Å². The van der Waals surface area contributed by atoms with Gasteiger partial charge >= 0.3 is 6.18 Å². The lowest BCUT2D eigenvalue weighted by molar-refractivity contribution is -0.137. The smallest absolute Gasteiger partial charge is 0.340 e. The number of nitrogens with zero attached hydrogens (tertiary/aromatic N) is 1. The third kappa shape index (κ3) is 4.81. The first-order chi connectivity index (χ1) is 12.8. The third-order valence-corrected chi connectivity index (χ3v) is 3.59. The number of aromatic nitrogens is 1. The van der Waals surface area contributed by atoms with E-state index in [9.17, 15) is 22.4 Å². The highest BCUT2D eigenvalue weighted by molar-refractivity contribution is 6.04. The van der Waals surface area contributed by atoms with E-state index in [0.29, 0.717) is 11.5 Å². The van der Waals surface area contributed by atoms with Crippen molar-refractivity contribution in [3.63, 3.8) is 0 Å². The van der Waals surface area contributed by atoms with Gasteiger partial charge in [-0.15, -0.1) is 0 Å². The van der Waals surface area contributed by atoms with Gasteiger partial charge in [0.15, 0.2) is 0 Å². The summed E-state index contributed by atoms with van der Waals surface area (Å²) >= 11 is 0. The molecule has 0 unspecified atom stereocenters. The van der Waals surface area contributed by atoms with Gasteiger partial charge in [0, 0.05) is 17.6 Å². The predicted octanol–water partition coefficient (Wildman–Crippen LogP) is 5.24. The summed E-state index contributed by atoms with van der Waals surface area (Å²) in [6.45, 7) is 0. The van der Waals surface area contributed by atoms with Crippen LogP contribution in [0.15, 0.2) is 66.9 Å². The molecule has 0 aliphatic rings. The zero-order chi connectivity index (χ0) is 19.4. The highest BCUT2D eigenvalue weighted by atomic mass is 19.4. The van der Waals surface area contributed by atoms with Crippen molar-refractivity contribution >= 4 is 23.1 Å². The Morgan fingerprint density at radius 3 is 2.26 bits per heavy atom. The zero-order valence-electron chi connectivity index (χ0n) is 13.7. The lowest BCUT2D eigenvalue weighted by Gasteiger charge is -2.09. The molecule has 0 atom stereocenters. The SMILES string of the molecule is O=C(Nc1ccc(C(F)(F)F)cc1)c1ccc(Nc2cccc(F)c2)nc1. The second-order valence-electron chi connectivity index (χ2n) is 5.60. The fourth-order valence-corrected chi connectivity index (χ4v) is 2.26. The Balaban J connectivity index is 1.65. The summed E-state index contributed by atoms with van der Waals surface area (Å²) in [5, 5.41) is 5.39. The lowest BCUT2D eigenvalue weighted by Crippen LogP contribution is -2.13. The van der Waals surface area contributed by atoms with E-state index in [0.717, 1.165) is 12.1 Å². The Morgan fingerprint density at radius 1 is 0.926 bits per heavy atom. The minimum absolute atomic E-state index is 0.222. The molecule has 1 amide bonds. The highest BCUT2D eigenvalue weighted by Gasteiger charge is 2.30. The molecular formula is C19H13F4N3O. The number of anilines is 3. The number of carbonyl (C=O) groups is 1. The highest BCUT2D eigenvalue weighted by Crippen LogP contribution is 2.29. The van der Waals surface area contributed by atoms with Crippen LogP contribution in [-0.4, -0.2) is 10.9 Å². The Morgan fingerprint density at radius 2 is 1.67 bits per heavy atom. The Kier molecular flexibility index (Phi) is 5.07. The number of benzene rings is 2. The molecule has 27 heavy (non-hydrogen) atoms. The molecule has 2 aromatic carbocycles. The van der Waals surface area contributed by atoms with Crippen LogP contribution in [0.2, 0.25) is 0 Å². The molecule has 0 aliphatic carbocycles. The number of hydrogen-bond donors (Lipinski definition) is 2. The van der Waals surface area contributed by atoms with Gasteiger partial charge < -0.3 is 10.6 Å². The molecule has 0 saturated heterocycles. The summed E-state index contributed by atoms with van der Waals surface area (Å²) in [6.07, 6.45) is -3.13. The number of amides is 1. The predicted molar refractivity (Wildman–Crippen MR) is 93.3 cm³/mol. The molecule has 0 fully saturated rings. The molecule has 138 valence electrons. The molecular weight excluding hydrogens is 362 g/mol. The van der Waals surface area contributed by atoms with Crippen LogP contribution >= 0.6 is 0 Å². The van der Waals surface area contributed by atoms with E-state index in [-0.39, 0.29) is 11.3 Å². The van der Waals surface area contributed by atoms with Crippen LogP contribution in [0.1, 0.15) is 15.9 Å². The maximum Gasteiger partial charge on any atom is 0.416 e. The van der Waals surface area contributed by atoms with Gasteiger partial charge in [0.05, 0.1) is 11.1 Å². The molecule has 0 saturated carbocycles. The number of carbonyl (C=O) groups excluding carboxylic acids is 1. The van der Waals surface area contributed by atoms with Gasteiger partial charge in [0.1, 0.15) is 11.6 Å². The van der Waals surface area contributed by atoms with Crippen LogP contribution in [0.25, 0.3) is 0 Å². The number of alkyl halides is 3. The molecule has 0 bridgehead atoms. The molecule has 4 nitrogen and oxygen atoms in total. The van der Waals surface area contributed by atoms with Crippen molar-refractivity contribution in [1.29, 1.82) is 0 Å². The summed E-state index contributed by atoms with van der Waals surface area (Å²) in [6, 6.07) is 13.0. The van der Waals surface area contributed by atoms with Gasteiger partial charge in [0.2, 0.25) is 0 Å².